The molecule has 1 aliphatic heterocycles. The molecule has 1 heterocycles. The molecule has 2 rings (SSSR count). The third-order valence-corrected chi connectivity index (χ3v) is 4.23. The van der Waals surface area contributed by atoms with Gasteiger partial charge in [0.25, 0.3) is 0 Å². The van der Waals surface area contributed by atoms with Crippen molar-refractivity contribution in [1.82, 2.24) is 4.90 Å². The fraction of sp³-hybridized carbons (Fsp3) is 0.462. The first kappa shape index (κ1) is 13.4. The van der Waals surface area contributed by atoms with Crippen molar-refractivity contribution in [3.8, 4) is 0 Å². The number of carbonyl (C=O) groups excluding carboxylic acids is 1. The third-order valence-electron chi connectivity index (χ3n) is 3.05. The highest BCUT2D eigenvalue weighted by molar-refractivity contribution is 7.99. The smallest absolute Gasteiger partial charge is 0.231 e. The predicted octanol–water partition coefficient (Wildman–Crippen LogP) is 0.689. The number of aliphatic hydroxyl groups is 2. The second kappa shape index (κ2) is 6.22. The first-order valence-electron chi connectivity index (χ1n) is 6.00. The molecule has 1 aliphatic rings. The van der Waals surface area contributed by atoms with Crippen molar-refractivity contribution in [3.05, 3.63) is 29.8 Å². The van der Waals surface area contributed by atoms with Crippen molar-refractivity contribution in [1.29, 1.82) is 0 Å². The highest BCUT2D eigenvalue weighted by Gasteiger charge is 2.31. The van der Waals surface area contributed by atoms with Crippen LogP contribution < -0.4 is 0 Å². The lowest BCUT2D eigenvalue weighted by Crippen LogP contribution is -2.39. The molecule has 0 saturated heterocycles. The molecule has 1 aromatic carbocycles. The van der Waals surface area contributed by atoms with Gasteiger partial charge in [0, 0.05) is 23.7 Å². The third kappa shape index (κ3) is 2.68. The van der Waals surface area contributed by atoms with Gasteiger partial charge >= 0.3 is 0 Å². The van der Waals surface area contributed by atoms with Gasteiger partial charge in [-0.25, -0.2) is 0 Å². The van der Waals surface area contributed by atoms with Crippen molar-refractivity contribution < 1.29 is 15.0 Å². The van der Waals surface area contributed by atoms with E-state index in [2.05, 4.69) is 0 Å². The molecule has 18 heavy (non-hydrogen) atoms. The van der Waals surface area contributed by atoms with Crippen LogP contribution in [-0.2, 0) is 4.79 Å². The van der Waals surface area contributed by atoms with E-state index in [-0.39, 0.29) is 38.1 Å². The molecule has 1 amide bonds. The van der Waals surface area contributed by atoms with Crippen LogP contribution in [0, 0.1) is 0 Å². The molecule has 98 valence electrons. The summed E-state index contributed by atoms with van der Waals surface area (Å²) < 4.78 is 0. The van der Waals surface area contributed by atoms with E-state index in [9.17, 15) is 4.79 Å². The fourth-order valence-corrected chi connectivity index (χ4v) is 3.38. The van der Waals surface area contributed by atoms with E-state index in [1.54, 1.807) is 11.8 Å². The fourth-order valence-electron chi connectivity index (χ4n) is 2.16. The predicted molar refractivity (Wildman–Crippen MR) is 70.7 cm³/mol. The molecule has 0 radical (unpaired) electrons. The Morgan fingerprint density at radius 2 is 1.94 bits per heavy atom. The zero-order valence-corrected chi connectivity index (χ0v) is 10.9. The average Bonchev–Trinajstić information content (AvgIpc) is 2.81. The maximum absolute atomic E-state index is 12.4. The number of hydrogen-bond donors (Lipinski definition) is 2. The van der Waals surface area contributed by atoms with Gasteiger partial charge in [-0.3, -0.25) is 4.79 Å². The van der Waals surface area contributed by atoms with Gasteiger partial charge in [-0.2, -0.15) is 0 Å². The minimum Gasteiger partial charge on any atom is -0.395 e. The summed E-state index contributed by atoms with van der Waals surface area (Å²) in [4.78, 5) is 15.1. The van der Waals surface area contributed by atoms with Gasteiger partial charge in [0.1, 0.15) is 0 Å². The molecule has 4 nitrogen and oxygen atoms in total. The summed E-state index contributed by atoms with van der Waals surface area (Å²) in [5, 5.41) is 17.9. The SMILES string of the molecule is O=C(C1CSc2ccccc21)N(CCO)CCO. The first-order chi connectivity index (χ1) is 8.77. The van der Waals surface area contributed by atoms with E-state index in [4.69, 9.17) is 10.2 Å². The molecule has 1 unspecified atom stereocenters. The van der Waals surface area contributed by atoms with E-state index < -0.39 is 0 Å². The van der Waals surface area contributed by atoms with Crippen LogP contribution in [-0.4, -0.2) is 53.1 Å². The number of benzene rings is 1. The monoisotopic (exact) mass is 267 g/mol. The number of carbonyl (C=O) groups is 1. The molecule has 1 atom stereocenters. The quantitative estimate of drug-likeness (QED) is 0.824. The normalized spacial score (nSPS) is 17.6. The Morgan fingerprint density at radius 1 is 1.28 bits per heavy atom. The summed E-state index contributed by atoms with van der Waals surface area (Å²) >= 11 is 1.69. The van der Waals surface area contributed by atoms with Crippen LogP contribution in [0.2, 0.25) is 0 Å². The van der Waals surface area contributed by atoms with Gasteiger partial charge in [-0.05, 0) is 11.6 Å². The summed E-state index contributed by atoms with van der Waals surface area (Å²) in [7, 11) is 0. The Bertz CT molecular complexity index is 418. The molecule has 0 aromatic heterocycles. The summed E-state index contributed by atoms with van der Waals surface area (Å²) in [6, 6.07) is 7.91. The number of hydrogen-bond acceptors (Lipinski definition) is 4. The van der Waals surface area contributed by atoms with E-state index in [1.165, 1.54) is 4.90 Å². The average molecular weight is 267 g/mol. The highest BCUT2D eigenvalue weighted by Crippen LogP contribution is 2.40. The van der Waals surface area contributed by atoms with Crippen LogP contribution in [0.3, 0.4) is 0 Å². The molecule has 0 spiro atoms. The van der Waals surface area contributed by atoms with Crippen molar-refractivity contribution in [3.63, 3.8) is 0 Å². The highest BCUT2D eigenvalue weighted by atomic mass is 32.2. The summed E-state index contributed by atoms with van der Waals surface area (Å²) in [5.41, 5.74) is 1.06. The van der Waals surface area contributed by atoms with Crippen LogP contribution in [0.15, 0.2) is 29.2 Å². The van der Waals surface area contributed by atoms with Gasteiger partial charge in [0.15, 0.2) is 0 Å². The van der Waals surface area contributed by atoms with Crippen molar-refractivity contribution in [2.75, 3.05) is 32.1 Å². The Balaban J connectivity index is 2.14. The summed E-state index contributed by atoms with van der Waals surface area (Å²) in [6.45, 7) is 0.409. The van der Waals surface area contributed by atoms with E-state index in [1.807, 2.05) is 24.3 Å². The van der Waals surface area contributed by atoms with Crippen LogP contribution >= 0.6 is 11.8 Å². The van der Waals surface area contributed by atoms with E-state index in [0.29, 0.717) is 0 Å². The molecule has 0 aliphatic carbocycles. The largest absolute Gasteiger partial charge is 0.395 e. The lowest BCUT2D eigenvalue weighted by atomic mass is 10.00. The summed E-state index contributed by atoms with van der Waals surface area (Å²) in [6.07, 6.45) is 0. The van der Waals surface area contributed by atoms with Gasteiger partial charge in [0.2, 0.25) is 5.91 Å². The Morgan fingerprint density at radius 3 is 2.61 bits per heavy atom. The number of rotatable bonds is 5. The molecule has 1 aromatic rings. The second-order valence-electron chi connectivity index (χ2n) is 4.17. The zero-order chi connectivity index (χ0) is 13.0. The van der Waals surface area contributed by atoms with E-state index >= 15 is 0 Å². The first-order valence-corrected chi connectivity index (χ1v) is 6.98. The Hall–Kier alpha value is -1.04. The maximum Gasteiger partial charge on any atom is 0.231 e. The minimum absolute atomic E-state index is 0.00412. The number of fused-ring (bicyclic) bond motifs is 1. The zero-order valence-electron chi connectivity index (χ0n) is 10.1. The molecule has 0 fully saturated rings. The molecule has 0 bridgehead atoms. The Kier molecular flexibility index (Phi) is 4.63. The van der Waals surface area contributed by atoms with Gasteiger partial charge in [-0.1, -0.05) is 18.2 Å². The number of amides is 1. The van der Waals surface area contributed by atoms with E-state index in [0.717, 1.165) is 16.2 Å². The van der Waals surface area contributed by atoms with Crippen LogP contribution in [0.1, 0.15) is 11.5 Å². The Labute approximate surface area is 111 Å². The van der Waals surface area contributed by atoms with Gasteiger partial charge in [0.05, 0.1) is 19.1 Å². The summed E-state index contributed by atoms with van der Waals surface area (Å²) in [5.74, 6) is 0.589. The van der Waals surface area contributed by atoms with Crippen LogP contribution in [0.5, 0.6) is 0 Å². The topological polar surface area (TPSA) is 60.8 Å². The van der Waals surface area contributed by atoms with Crippen molar-refractivity contribution in [2.45, 2.75) is 10.8 Å². The molecular formula is C13H17NO3S. The van der Waals surface area contributed by atoms with Gasteiger partial charge < -0.3 is 15.1 Å². The molecule has 0 saturated carbocycles. The number of aliphatic hydroxyl groups excluding tert-OH is 2. The molecule has 2 N–H and O–H groups in total. The molecule has 5 heteroatoms. The minimum atomic E-state index is -0.149. The second-order valence-corrected chi connectivity index (χ2v) is 5.24. The van der Waals surface area contributed by atoms with Crippen LogP contribution in [0.25, 0.3) is 0 Å². The lowest BCUT2D eigenvalue weighted by Gasteiger charge is -2.24. The maximum atomic E-state index is 12.4. The lowest BCUT2D eigenvalue weighted by molar-refractivity contribution is -0.133. The molecular weight excluding hydrogens is 250 g/mol. The standard InChI is InChI=1S/C13H17NO3S/c15-7-5-14(6-8-16)13(17)11-9-18-12-4-2-1-3-10(11)12/h1-4,11,15-16H,5-9H2. The van der Waals surface area contributed by atoms with Crippen molar-refractivity contribution in [2.24, 2.45) is 0 Å². The van der Waals surface area contributed by atoms with Gasteiger partial charge in [-0.15, -0.1) is 11.8 Å². The van der Waals surface area contributed by atoms with Crippen LogP contribution in [0.4, 0.5) is 0 Å². The van der Waals surface area contributed by atoms with Crippen molar-refractivity contribution >= 4 is 17.7 Å². The number of nitrogens with zero attached hydrogens (tertiary/aromatic N) is 1. The number of thioether (sulfide) groups is 1.